The Morgan fingerprint density at radius 3 is 2.48 bits per heavy atom. The maximum Gasteiger partial charge on any atom is 0.345 e. The molecule has 1 aliphatic carbocycles. The molecule has 160 valence electrons. The summed E-state index contributed by atoms with van der Waals surface area (Å²) in [6.45, 7) is 1.15. The molecule has 0 radical (unpaired) electrons. The van der Waals surface area contributed by atoms with Crippen molar-refractivity contribution in [1.82, 2.24) is 5.32 Å². The molecule has 1 aromatic heterocycles. The number of carbonyl (C=O) groups excluding carboxylic acids is 1. The summed E-state index contributed by atoms with van der Waals surface area (Å²) in [6.07, 6.45) is 3.09. The highest BCUT2D eigenvalue weighted by molar-refractivity contribution is 7.15. The van der Waals surface area contributed by atoms with Crippen LogP contribution in [0.4, 0.5) is 0 Å². The fourth-order valence-electron chi connectivity index (χ4n) is 4.02. The van der Waals surface area contributed by atoms with Crippen LogP contribution in [-0.2, 0) is 11.3 Å². The molecule has 1 amide bonds. The highest BCUT2D eigenvalue weighted by Gasteiger charge is 2.26. The van der Waals surface area contributed by atoms with E-state index in [4.69, 9.17) is 9.84 Å². The van der Waals surface area contributed by atoms with Crippen molar-refractivity contribution in [3.05, 3.63) is 82.0 Å². The van der Waals surface area contributed by atoms with Crippen molar-refractivity contribution in [2.45, 2.75) is 32.0 Å². The van der Waals surface area contributed by atoms with Gasteiger partial charge in [-0.25, -0.2) is 4.79 Å². The van der Waals surface area contributed by atoms with E-state index in [2.05, 4.69) is 29.6 Å². The summed E-state index contributed by atoms with van der Waals surface area (Å²) in [6, 6.07) is 21.7. The predicted octanol–water partition coefficient (Wildman–Crippen LogP) is 5.23. The molecule has 1 fully saturated rings. The smallest absolute Gasteiger partial charge is 0.345 e. The number of carbonyl (C=O) groups is 2. The number of ether oxygens (including phenoxy) is 1. The zero-order valence-corrected chi connectivity index (χ0v) is 17.9. The van der Waals surface area contributed by atoms with Crippen LogP contribution in [0.3, 0.4) is 0 Å². The van der Waals surface area contributed by atoms with Crippen LogP contribution in [0.15, 0.2) is 66.7 Å². The fourth-order valence-corrected chi connectivity index (χ4v) is 4.78. The molecule has 2 atom stereocenters. The molecule has 6 heteroatoms. The van der Waals surface area contributed by atoms with Crippen molar-refractivity contribution < 1.29 is 19.4 Å². The summed E-state index contributed by atoms with van der Waals surface area (Å²) in [5, 5.41) is 11.9. The predicted molar refractivity (Wildman–Crippen MR) is 121 cm³/mol. The lowest BCUT2D eigenvalue weighted by Gasteiger charge is -2.15. The largest absolute Gasteiger partial charge is 0.477 e. The lowest BCUT2D eigenvalue weighted by atomic mass is 10.0. The molecule has 31 heavy (non-hydrogen) atoms. The number of aromatic carboxylic acids is 1. The Bertz CT molecular complexity index is 1050. The fraction of sp³-hybridized carbons (Fsp3) is 0.280. The van der Waals surface area contributed by atoms with Crippen LogP contribution >= 0.6 is 11.3 Å². The van der Waals surface area contributed by atoms with Gasteiger partial charge in [0.25, 0.3) is 5.91 Å². The molecule has 3 aromatic rings. The minimum absolute atomic E-state index is 0.176. The second-order valence-corrected chi connectivity index (χ2v) is 8.90. The standard InChI is InChI=1S/C25H25NO4S/c27-24(22-12-13-23(31-22)25(28)29)26-15-17-10-11-20(14-17)30-16-19-8-4-5-9-21(19)18-6-2-1-3-7-18/h1-9,12-13,17,20H,10-11,14-16H2,(H,26,27)(H,28,29)/t17-,20-/m0/s1. The summed E-state index contributed by atoms with van der Waals surface area (Å²) in [5.74, 6) is -0.843. The van der Waals surface area contributed by atoms with E-state index < -0.39 is 5.97 Å². The monoisotopic (exact) mass is 435 g/mol. The molecule has 2 aromatic carbocycles. The number of amides is 1. The topological polar surface area (TPSA) is 75.6 Å². The third-order valence-corrected chi connectivity index (χ3v) is 6.73. The normalized spacial score (nSPS) is 18.1. The van der Waals surface area contributed by atoms with Crippen LogP contribution in [0.1, 0.15) is 44.2 Å². The maximum absolute atomic E-state index is 12.3. The van der Waals surface area contributed by atoms with Crippen LogP contribution in [-0.4, -0.2) is 29.6 Å². The summed E-state index contributed by atoms with van der Waals surface area (Å²) in [7, 11) is 0. The minimum atomic E-state index is -1.01. The van der Waals surface area contributed by atoms with Crippen molar-refractivity contribution in [2.75, 3.05) is 6.54 Å². The molecular formula is C25H25NO4S. The van der Waals surface area contributed by atoms with Gasteiger partial charge in [0.15, 0.2) is 0 Å². The van der Waals surface area contributed by atoms with Gasteiger partial charge in [-0.05, 0) is 54.0 Å². The Balaban J connectivity index is 1.26. The molecule has 4 rings (SSSR count). The molecule has 1 aliphatic rings. The van der Waals surface area contributed by atoms with E-state index in [0.717, 1.165) is 30.6 Å². The molecule has 0 aliphatic heterocycles. The molecule has 1 heterocycles. The zero-order valence-electron chi connectivity index (χ0n) is 17.1. The third kappa shape index (κ3) is 5.40. The van der Waals surface area contributed by atoms with Crippen molar-refractivity contribution in [3.8, 4) is 11.1 Å². The van der Waals surface area contributed by atoms with Gasteiger partial charge in [-0.3, -0.25) is 4.79 Å². The lowest BCUT2D eigenvalue weighted by molar-refractivity contribution is 0.0431. The van der Waals surface area contributed by atoms with Gasteiger partial charge in [0, 0.05) is 6.54 Å². The van der Waals surface area contributed by atoms with Crippen LogP contribution in [0.5, 0.6) is 0 Å². The Kier molecular flexibility index (Phi) is 6.79. The van der Waals surface area contributed by atoms with Gasteiger partial charge in [-0.1, -0.05) is 54.6 Å². The first kappa shape index (κ1) is 21.3. The third-order valence-electron chi connectivity index (χ3n) is 5.66. The van der Waals surface area contributed by atoms with Crippen molar-refractivity contribution >= 4 is 23.2 Å². The molecule has 0 spiro atoms. The van der Waals surface area contributed by atoms with E-state index in [-0.39, 0.29) is 16.9 Å². The SMILES string of the molecule is O=C(O)c1ccc(C(=O)NC[C@H]2CC[C@H](OCc3ccccc3-c3ccccc3)C2)s1. The summed E-state index contributed by atoms with van der Waals surface area (Å²) < 4.78 is 6.23. The van der Waals surface area contributed by atoms with E-state index in [1.54, 1.807) is 6.07 Å². The Labute approximate surface area is 185 Å². The van der Waals surface area contributed by atoms with Crippen LogP contribution in [0.25, 0.3) is 11.1 Å². The summed E-state index contributed by atoms with van der Waals surface area (Å²) in [5.41, 5.74) is 3.56. The molecule has 1 saturated carbocycles. The van der Waals surface area contributed by atoms with Crippen LogP contribution < -0.4 is 5.32 Å². The van der Waals surface area contributed by atoms with Crippen molar-refractivity contribution in [1.29, 1.82) is 0 Å². The van der Waals surface area contributed by atoms with E-state index in [1.807, 2.05) is 30.3 Å². The lowest BCUT2D eigenvalue weighted by Crippen LogP contribution is -2.28. The summed E-state index contributed by atoms with van der Waals surface area (Å²) >= 11 is 1.00. The Hall–Kier alpha value is -2.96. The van der Waals surface area contributed by atoms with E-state index in [0.29, 0.717) is 23.9 Å². The Morgan fingerprint density at radius 2 is 1.71 bits per heavy atom. The number of hydrogen-bond acceptors (Lipinski definition) is 4. The molecule has 0 bridgehead atoms. The van der Waals surface area contributed by atoms with Crippen molar-refractivity contribution in [2.24, 2.45) is 5.92 Å². The number of hydrogen-bond donors (Lipinski definition) is 2. The van der Waals surface area contributed by atoms with Crippen molar-refractivity contribution in [3.63, 3.8) is 0 Å². The van der Waals surface area contributed by atoms with E-state index in [1.165, 1.54) is 22.8 Å². The number of carboxylic acids is 1. The maximum atomic E-state index is 12.3. The Morgan fingerprint density at radius 1 is 0.968 bits per heavy atom. The highest BCUT2D eigenvalue weighted by atomic mass is 32.1. The molecule has 5 nitrogen and oxygen atoms in total. The second kappa shape index (κ2) is 9.90. The first-order valence-corrected chi connectivity index (χ1v) is 11.3. The number of thiophene rings is 1. The summed E-state index contributed by atoms with van der Waals surface area (Å²) in [4.78, 5) is 23.9. The number of carboxylic acid groups (broad SMARTS) is 1. The first-order chi connectivity index (χ1) is 15.1. The van der Waals surface area contributed by atoms with E-state index in [9.17, 15) is 9.59 Å². The number of benzene rings is 2. The molecule has 2 N–H and O–H groups in total. The second-order valence-electron chi connectivity index (χ2n) is 7.81. The van der Waals surface area contributed by atoms with Gasteiger partial charge in [-0.2, -0.15) is 0 Å². The first-order valence-electron chi connectivity index (χ1n) is 10.5. The van der Waals surface area contributed by atoms with Crippen LogP contribution in [0, 0.1) is 5.92 Å². The quantitative estimate of drug-likeness (QED) is 0.508. The molecule has 0 unspecified atom stereocenters. The average Bonchev–Trinajstić information content (AvgIpc) is 3.47. The van der Waals surface area contributed by atoms with Crippen LogP contribution in [0.2, 0.25) is 0 Å². The van der Waals surface area contributed by atoms with Gasteiger partial charge in [0.05, 0.1) is 17.6 Å². The van der Waals surface area contributed by atoms with Gasteiger partial charge < -0.3 is 15.2 Å². The average molecular weight is 436 g/mol. The van der Waals surface area contributed by atoms with E-state index >= 15 is 0 Å². The van der Waals surface area contributed by atoms with Gasteiger partial charge in [-0.15, -0.1) is 11.3 Å². The zero-order chi connectivity index (χ0) is 21.6. The highest BCUT2D eigenvalue weighted by Crippen LogP contribution is 2.30. The molecule has 0 saturated heterocycles. The minimum Gasteiger partial charge on any atom is -0.477 e. The van der Waals surface area contributed by atoms with Gasteiger partial charge in [0.1, 0.15) is 4.88 Å². The number of rotatable bonds is 8. The number of nitrogens with one attached hydrogen (secondary N) is 1. The molecular weight excluding hydrogens is 410 g/mol. The van der Waals surface area contributed by atoms with Gasteiger partial charge in [0.2, 0.25) is 0 Å². The van der Waals surface area contributed by atoms with Gasteiger partial charge >= 0.3 is 5.97 Å².